The summed E-state index contributed by atoms with van der Waals surface area (Å²) in [6, 6.07) is 7.21. The summed E-state index contributed by atoms with van der Waals surface area (Å²) in [5.41, 5.74) is 2.82. The van der Waals surface area contributed by atoms with Gasteiger partial charge in [-0.05, 0) is 36.5 Å². The number of rotatable bonds is 6. The van der Waals surface area contributed by atoms with Gasteiger partial charge in [0, 0.05) is 35.8 Å². The van der Waals surface area contributed by atoms with Crippen LogP contribution in [0.4, 0.5) is 5.69 Å². The molecule has 1 aromatic carbocycles. The lowest BCUT2D eigenvalue weighted by molar-refractivity contribution is 0.529. The Balaban J connectivity index is 2.11. The Bertz CT molecular complexity index is 431. The van der Waals surface area contributed by atoms with Crippen LogP contribution in [0.15, 0.2) is 22.7 Å². The summed E-state index contributed by atoms with van der Waals surface area (Å²) in [5, 5.41) is 3.54. The fourth-order valence-corrected chi connectivity index (χ4v) is 3.34. The molecule has 1 aliphatic rings. The third kappa shape index (κ3) is 4.23. The van der Waals surface area contributed by atoms with Gasteiger partial charge in [0.05, 0.1) is 0 Å². The molecule has 0 aliphatic carbocycles. The lowest BCUT2D eigenvalue weighted by atomic mass is 10.0. The van der Waals surface area contributed by atoms with Gasteiger partial charge in [0.25, 0.3) is 0 Å². The highest BCUT2D eigenvalue weighted by molar-refractivity contribution is 9.10. The normalized spacial score (nSPS) is 19.1. The van der Waals surface area contributed by atoms with Crippen molar-refractivity contribution < 1.29 is 0 Å². The second kappa shape index (κ2) is 7.46. The van der Waals surface area contributed by atoms with E-state index in [9.17, 15) is 0 Å². The molecule has 1 atom stereocenters. The SMILES string of the molecule is CCCC1CCN(c2cc(Br)ccc2CNC(C)C)C1. The average Bonchev–Trinajstić information content (AvgIpc) is 2.86. The summed E-state index contributed by atoms with van der Waals surface area (Å²) in [5.74, 6) is 0.880. The minimum absolute atomic E-state index is 0.526. The van der Waals surface area contributed by atoms with Crippen LogP contribution < -0.4 is 10.2 Å². The number of halogens is 1. The molecule has 1 fully saturated rings. The van der Waals surface area contributed by atoms with Gasteiger partial charge in [0.1, 0.15) is 0 Å². The first kappa shape index (κ1) is 15.8. The van der Waals surface area contributed by atoms with E-state index in [1.54, 1.807) is 0 Å². The fraction of sp³-hybridized carbons (Fsp3) is 0.647. The van der Waals surface area contributed by atoms with E-state index in [1.807, 2.05) is 0 Å². The van der Waals surface area contributed by atoms with Crippen LogP contribution >= 0.6 is 15.9 Å². The Kier molecular flexibility index (Phi) is 5.91. The third-order valence-corrected chi connectivity index (χ3v) is 4.56. The van der Waals surface area contributed by atoms with Crippen molar-refractivity contribution in [2.75, 3.05) is 18.0 Å². The fourth-order valence-electron chi connectivity index (χ4n) is 2.99. The summed E-state index contributed by atoms with van der Waals surface area (Å²) in [6.45, 7) is 10.1. The number of hydrogen-bond acceptors (Lipinski definition) is 2. The summed E-state index contributed by atoms with van der Waals surface area (Å²) < 4.78 is 1.18. The van der Waals surface area contributed by atoms with E-state index in [0.717, 1.165) is 12.5 Å². The smallest absolute Gasteiger partial charge is 0.0423 e. The van der Waals surface area contributed by atoms with Crippen molar-refractivity contribution in [3.05, 3.63) is 28.2 Å². The van der Waals surface area contributed by atoms with E-state index >= 15 is 0 Å². The molecule has 0 amide bonds. The van der Waals surface area contributed by atoms with E-state index in [1.165, 1.54) is 48.1 Å². The molecule has 20 heavy (non-hydrogen) atoms. The highest BCUT2D eigenvalue weighted by Crippen LogP contribution is 2.31. The Morgan fingerprint density at radius 2 is 2.20 bits per heavy atom. The van der Waals surface area contributed by atoms with Crippen LogP contribution in [-0.4, -0.2) is 19.1 Å². The van der Waals surface area contributed by atoms with Gasteiger partial charge in [-0.15, -0.1) is 0 Å². The van der Waals surface area contributed by atoms with Crippen LogP contribution in [0.3, 0.4) is 0 Å². The second-order valence-corrected chi connectivity index (χ2v) is 7.11. The van der Waals surface area contributed by atoms with Crippen LogP contribution in [-0.2, 0) is 6.54 Å². The molecule has 1 heterocycles. The van der Waals surface area contributed by atoms with Crippen LogP contribution in [0.5, 0.6) is 0 Å². The maximum Gasteiger partial charge on any atom is 0.0423 e. The molecule has 3 heteroatoms. The molecule has 2 nitrogen and oxygen atoms in total. The zero-order valence-electron chi connectivity index (χ0n) is 13.0. The molecule has 1 saturated heterocycles. The molecule has 1 unspecified atom stereocenters. The maximum atomic E-state index is 3.62. The molecule has 112 valence electrons. The highest BCUT2D eigenvalue weighted by atomic mass is 79.9. The second-order valence-electron chi connectivity index (χ2n) is 6.20. The van der Waals surface area contributed by atoms with Crippen molar-refractivity contribution >= 4 is 21.6 Å². The lowest BCUT2D eigenvalue weighted by Crippen LogP contribution is -2.25. The average molecular weight is 339 g/mol. The Morgan fingerprint density at radius 1 is 1.40 bits per heavy atom. The molecule has 0 radical (unpaired) electrons. The van der Waals surface area contributed by atoms with Gasteiger partial charge in [-0.25, -0.2) is 0 Å². The molecule has 1 N–H and O–H groups in total. The third-order valence-electron chi connectivity index (χ3n) is 4.07. The zero-order valence-corrected chi connectivity index (χ0v) is 14.5. The van der Waals surface area contributed by atoms with Gasteiger partial charge >= 0.3 is 0 Å². The first-order valence-corrected chi connectivity index (χ1v) is 8.66. The molecular weight excluding hydrogens is 312 g/mol. The zero-order chi connectivity index (χ0) is 14.5. The molecule has 0 bridgehead atoms. The van der Waals surface area contributed by atoms with Crippen LogP contribution in [0.2, 0.25) is 0 Å². The standard InChI is InChI=1S/C17H27BrN2/c1-4-5-14-8-9-20(12-14)17-10-16(18)7-6-15(17)11-19-13(2)3/h6-7,10,13-14,19H,4-5,8-9,11-12H2,1-3H3. The Hall–Kier alpha value is -0.540. The van der Waals surface area contributed by atoms with Crippen molar-refractivity contribution in [2.24, 2.45) is 5.92 Å². The first-order chi connectivity index (χ1) is 9.60. The molecule has 1 aromatic rings. The van der Waals surface area contributed by atoms with E-state index in [0.29, 0.717) is 6.04 Å². The van der Waals surface area contributed by atoms with Crippen LogP contribution in [0.25, 0.3) is 0 Å². The van der Waals surface area contributed by atoms with Crippen molar-refractivity contribution in [1.29, 1.82) is 0 Å². The summed E-state index contributed by atoms with van der Waals surface area (Å²) in [6.07, 6.45) is 4.01. The highest BCUT2D eigenvalue weighted by Gasteiger charge is 2.23. The molecular formula is C17H27BrN2. The van der Waals surface area contributed by atoms with Crippen molar-refractivity contribution in [3.63, 3.8) is 0 Å². The van der Waals surface area contributed by atoms with Gasteiger partial charge < -0.3 is 10.2 Å². The molecule has 0 saturated carbocycles. The van der Waals surface area contributed by atoms with Gasteiger partial charge in [-0.1, -0.05) is 49.2 Å². The van der Waals surface area contributed by atoms with Gasteiger partial charge in [0.15, 0.2) is 0 Å². The maximum absolute atomic E-state index is 3.62. The Morgan fingerprint density at radius 3 is 2.90 bits per heavy atom. The number of hydrogen-bond donors (Lipinski definition) is 1. The predicted octanol–water partition coefficient (Wildman–Crippen LogP) is 4.57. The largest absolute Gasteiger partial charge is 0.371 e. The number of benzene rings is 1. The summed E-state index contributed by atoms with van der Waals surface area (Å²) in [7, 11) is 0. The molecule has 0 spiro atoms. The van der Waals surface area contributed by atoms with Gasteiger partial charge in [-0.2, -0.15) is 0 Å². The molecule has 2 rings (SSSR count). The van der Waals surface area contributed by atoms with Crippen molar-refractivity contribution in [1.82, 2.24) is 5.32 Å². The van der Waals surface area contributed by atoms with E-state index in [-0.39, 0.29) is 0 Å². The molecule has 0 aromatic heterocycles. The lowest BCUT2D eigenvalue weighted by Gasteiger charge is -2.23. The number of nitrogens with zero attached hydrogens (tertiary/aromatic N) is 1. The number of anilines is 1. The van der Waals surface area contributed by atoms with Crippen molar-refractivity contribution in [3.8, 4) is 0 Å². The van der Waals surface area contributed by atoms with E-state index < -0.39 is 0 Å². The van der Waals surface area contributed by atoms with Crippen molar-refractivity contribution in [2.45, 2.75) is 52.6 Å². The van der Waals surface area contributed by atoms with E-state index in [2.05, 4.69) is 65.1 Å². The van der Waals surface area contributed by atoms with Gasteiger partial charge in [0.2, 0.25) is 0 Å². The Labute approximate surface area is 132 Å². The quantitative estimate of drug-likeness (QED) is 0.816. The first-order valence-electron chi connectivity index (χ1n) is 7.87. The monoisotopic (exact) mass is 338 g/mol. The number of nitrogens with one attached hydrogen (secondary N) is 1. The van der Waals surface area contributed by atoms with E-state index in [4.69, 9.17) is 0 Å². The van der Waals surface area contributed by atoms with Gasteiger partial charge in [-0.3, -0.25) is 0 Å². The minimum Gasteiger partial charge on any atom is -0.371 e. The summed E-state index contributed by atoms with van der Waals surface area (Å²) in [4.78, 5) is 2.57. The topological polar surface area (TPSA) is 15.3 Å². The van der Waals surface area contributed by atoms with Crippen LogP contribution in [0.1, 0.15) is 45.6 Å². The summed E-state index contributed by atoms with van der Waals surface area (Å²) >= 11 is 3.62. The predicted molar refractivity (Wildman–Crippen MR) is 91.3 cm³/mol. The minimum atomic E-state index is 0.526. The molecule has 1 aliphatic heterocycles. The van der Waals surface area contributed by atoms with Crippen LogP contribution in [0, 0.1) is 5.92 Å².